The maximum Gasteiger partial charge on any atom is 0.220 e. The molecular weight excluding hydrogens is 284 g/mol. The molecule has 0 radical (unpaired) electrons. The van der Waals surface area contributed by atoms with Crippen molar-refractivity contribution in [2.75, 3.05) is 13.1 Å². The number of hydrogen-bond donors (Lipinski definition) is 1. The van der Waals surface area contributed by atoms with Crippen LogP contribution in [0.5, 0.6) is 0 Å². The van der Waals surface area contributed by atoms with Gasteiger partial charge in [0.1, 0.15) is 0 Å². The summed E-state index contributed by atoms with van der Waals surface area (Å²) in [7, 11) is 0. The van der Waals surface area contributed by atoms with Gasteiger partial charge in [-0.2, -0.15) is 0 Å². The van der Waals surface area contributed by atoms with Gasteiger partial charge in [-0.3, -0.25) is 9.69 Å². The Balaban J connectivity index is 1.46. The molecule has 0 atom stereocenters. The first-order valence-corrected chi connectivity index (χ1v) is 8.42. The minimum Gasteiger partial charge on any atom is -0.369 e. The second-order valence-corrected chi connectivity index (χ2v) is 6.78. The van der Waals surface area contributed by atoms with E-state index in [1.807, 2.05) is 0 Å². The monoisotopic (exact) mass is 306 g/mol. The molecule has 0 bridgehead atoms. The molecule has 2 aliphatic rings. The Kier molecular flexibility index (Phi) is 3.66. The van der Waals surface area contributed by atoms with Gasteiger partial charge in [-0.15, -0.1) is 0 Å². The van der Waals surface area contributed by atoms with Crippen LogP contribution in [-0.2, 0) is 17.8 Å². The molecule has 0 unspecified atom stereocenters. The highest BCUT2D eigenvalue weighted by Crippen LogP contribution is 2.36. The van der Waals surface area contributed by atoms with Crippen molar-refractivity contribution in [3.8, 4) is 11.1 Å². The maximum absolute atomic E-state index is 11.3. The van der Waals surface area contributed by atoms with Crippen LogP contribution < -0.4 is 5.73 Å². The predicted octanol–water partition coefficient (Wildman–Crippen LogP) is 2.96. The molecule has 0 saturated carbocycles. The summed E-state index contributed by atoms with van der Waals surface area (Å²) in [4.78, 5) is 13.7. The van der Waals surface area contributed by atoms with E-state index in [2.05, 4.69) is 47.4 Å². The fourth-order valence-electron chi connectivity index (χ4n) is 3.93. The first kappa shape index (κ1) is 14.5. The standard InChI is InChI=1S/C20H22N2O/c21-20(23)15-7-9-22(10-8-15)13-14-5-6-19-17(11-14)12-16-3-1-2-4-18(16)19/h1-6,11,15H,7-10,12-13H2,(H2,21,23). The van der Waals surface area contributed by atoms with E-state index in [9.17, 15) is 4.79 Å². The Morgan fingerprint density at radius 2 is 1.78 bits per heavy atom. The van der Waals surface area contributed by atoms with E-state index < -0.39 is 0 Å². The van der Waals surface area contributed by atoms with E-state index in [0.29, 0.717) is 0 Å². The van der Waals surface area contributed by atoms with Gasteiger partial charge in [0, 0.05) is 12.5 Å². The van der Waals surface area contributed by atoms with Crippen LogP contribution in [0.2, 0.25) is 0 Å². The summed E-state index contributed by atoms with van der Waals surface area (Å²) in [5, 5.41) is 0. The molecule has 2 aromatic carbocycles. The Bertz CT molecular complexity index is 745. The van der Waals surface area contributed by atoms with Crippen LogP contribution in [0.4, 0.5) is 0 Å². The third-order valence-electron chi connectivity index (χ3n) is 5.25. The number of likely N-dealkylation sites (tertiary alicyclic amines) is 1. The average molecular weight is 306 g/mol. The highest BCUT2D eigenvalue weighted by molar-refractivity contribution is 5.77. The molecule has 3 heteroatoms. The van der Waals surface area contributed by atoms with E-state index >= 15 is 0 Å². The molecule has 118 valence electrons. The SMILES string of the molecule is NC(=O)C1CCN(Cc2ccc3c(c2)Cc2ccccc2-3)CC1. The Morgan fingerprint density at radius 1 is 1.04 bits per heavy atom. The van der Waals surface area contributed by atoms with Gasteiger partial charge in [0.05, 0.1) is 0 Å². The lowest BCUT2D eigenvalue weighted by Gasteiger charge is -2.30. The van der Waals surface area contributed by atoms with Gasteiger partial charge in [0.2, 0.25) is 5.91 Å². The number of carbonyl (C=O) groups is 1. The van der Waals surface area contributed by atoms with E-state index in [0.717, 1.165) is 38.9 Å². The van der Waals surface area contributed by atoms with Crippen molar-refractivity contribution >= 4 is 5.91 Å². The van der Waals surface area contributed by atoms with Crippen molar-refractivity contribution in [1.29, 1.82) is 0 Å². The molecular formula is C20H22N2O. The zero-order chi connectivity index (χ0) is 15.8. The van der Waals surface area contributed by atoms with Crippen molar-refractivity contribution in [2.24, 2.45) is 11.7 Å². The van der Waals surface area contributed by atoms with Crippen LogP contribution in [0.3, 0.4) is 0 Å². The van der Waals surface area contributed by atoms with Crippen LogP contribution in [0, 0.1) is 5.92 Å². The summed E-state index contributed by atoms with van der Waals surface area (Å²) in [5.74, 6) is -0.0688. The second-order valence-electron chi connectivity index (χ2n) is 6.78. The summed E-state index contributed by atoms with van der Waals surface area (Å²) >= 11 is 0. The molecule has 23 heavy (non-hydrogen) atoms. The lowest BCUT2D eigenvalue weighted by Crippen LogP contribution is -2.38. The number of nitrogens with two attached hydrogens (primary N) is 1. The molecule has 3 nitrogen and oxygen atoms in total. The average Bonchev–Trinajstić information content (AvgIpc) is 2.93. The molecule has 1 fully saturated rings. The number of nitrogens with zero attached hydrogens (tertiary/aromatic N) is 1. The molecule has 2 aromatic rings. The van der Waals surface area contributed by atoms with Gasteiger partial charge in [0.15, 0.2) is 0 Å². The van der Waals surface area contributed by atoms with Gasteiger partial charge in [0.25, 0.3) is 0 Å². The van der Waals surface area contributed by atoms with Gasteiger partial charge in [-0.05, 0) is 60.2 Å². The van der Waals surface area contributed by atoms with Crippen LogP contribution >= 0.6 is 0 Å². The summed E-state index contributed by atoms with van der Waals surface area (Å²) in [5.41, 5.74) is 12.4. The normalized spacial score (nSPS) is 17.7. The first-order valence-electron chi connectivity index (χ1n) is 8.42. The zero-order valence-electron chi connectivity index (χ0n) is 13.3. The predicted molar refractivity (Wildman–Crippen MR) is 91.9 cm³/mol. The molecule has 0 spiro atoms. The van der Waals surface area contributed by atoms with E-state index in [1.54, 1.807) is 0 Å². The smallest absolute Gasteiger partial charge is 0.220 e. The topological polar surface area (TPSA) is 46.3 Å². The summed E-state index contributed by atoms with van der Waals surface area (Å²) in [6.45, 7) is 2.89. The highest BCUT2D eigenvalue weighted by atomic mass is 16.1. The van der Waals surface area contributed by atoms with E-state index in [1.165, 1.54) is 27.8 Å². The lowest BCUT2D eigenvalue weighted by molar-refractivity contribution is -0.123. The van der Waals surface area contributed by atoms with Crippen molar-refractivity contribution in [2.45, 2.75) is 25.8 Å². The van der Waals surface area contributed by atoms with Gasteiger partial charge >= 0.3 is 0 Å². The molecule has 1 aliphatic carbocycles. The van der Waals surface area contributed by atoms with Crippen LogP contribution in [-0.4, -0.2) is 23.9 Å². The third kappa shape index (κ3) is 2.77. The lowest BCUT2D eigenvalue weighted by atomic mass is 9.95. The number of rotatable bonds is 3. The Labute approximate surface area is 137 Å². The summed E-state index contributed by atoms with van der Waals surface area (Å²) in [6, 6.07) is 15.6. The number of primary amides is 1. The fourth-order valence-corrected chi connectivity index (χ4v) is 3.93. The maximum atomic E-state index is 11.3. The first-order chi connectivity index (χ1) is 11.2. The molecule has 1 heterocycles. The van der Waals surface area contributed by atoms with Crippen LogP contribution in [0.15, 0.2) is 42.5 Å². The van der Waals surface area contributed by atoms with E-state index in [4.69, 9.17) is 5.73 Å². The minimum atomic E-state index is -0.139. The fraction of sp³-hybridized carbons (Fsp3) is 0.350. The van der Waals surface area contributed by atoms with Crippen molar-refractivity contribution < 1.29 is 4.79 Å². The van der Waals surface area contributed by atoms with Crippen LogP contribution in [0.1, 0.15) is 29.5 Å². The second kappa shape index (κ2) is 5.82. The highest BCUT2D eigenvalue weighted by Gasteiger charge is 2.23. The van der Waals surface area contributed by atoms with Crippen LogP contribution in [0.25, 0.3) is 11.1 Å². The Morgan fingerprint density at radius 3 is 2.57 bits per heavy atom. The third-order valence-corrected chi connectivity index (χ3v) is 5.25. The summed E-state index contributed by atoms with van der Waals surface area (Å²) in [6.07, 6.45) is 2.83. The number of piperidine rings is 1. The quantitative estimate of drug-likeness (QED) is 0.808. The molecule has 2 N–H and O–H groups in total. The number of hydrogen-bond acceptors (Lipinski definition) is 2. The van der Waals surface area contributed by atoms with Gasteiger partial charge in [-0.1, -0.05) is 42.5 Å². The molecule has 1 amide bonds. The molecule has 1 aliphatic heterocycles. The largest absolute Gasteiger partial charge is 0.369 e. The molecule has 4 rings (SSSR count). The Hall–Kier alpha value is -2.13. The van der Waals surface area contributed by atoms with Crippen molar-refractivity contribution in [1.82, 2.24) is 4.90 Å². The van der Waals surface area contributed by atoms with Crippen molar-refractivity contribution in [3.63, 3.8) is 0 Å². The molecule has 0 aromatic heterocycles. The van der Waals surface area contributed by atoms with Gasteiger partial charge < -0.3 is 5.73 Å². The summed E-state index contributed by atoms with van der Waals surface area (Å²) < 4.78 is 0. The number of carbonyl (C=O) groups excluding carboxylic acids is 1. The number of amides is 1. The van der Waals surface area contributed by atoms with E-state index in [-0.39, 0.29) is 11.8 Å². The molecule has 1 saturated heterocycles. The van der Waals surface area contributed by atoms with Gasteiger partial charge in [-0.25, -0.2) is 0 Å². The minimum absolute atomic E-state index is 0.0702. The number of benzene rings is 2. The number of fused-ring (bicyclic) bond motifs is 3. The zero-order valence-corrected chi connectivity index (χ0v) is 13.3. The van der Waals surface area contributed by atoms with Crippen molar-refractivity contribution in [3.05, 3.63) is 59.2 Å².